The Balaban J connectivity index is 1.89. The third-order valence-electron chi connectivity index (χ3n) is 3.61. The van der Waals surface area contributed by atoms with Crippen LogP contribution in [0.4, 0.5) is 4.79 Å². The number of urea groups is 1. The minimum atomic E-state index is -1.13. The summed E-state index contributed by atoms with van der Waals surface area (Å²) in [6.07, 6.45) is 2.55. The molecule has 0 spiro atoms. The second kappa shape index (κ2) is 5.81. The molecule has 108 valence electrons. The monoisotopic (exact) mass is 278 g/mol. The average Bonchev–Trinajstić information content (AvgIpc) is 2.88. The van der Waals surface area contributed by atoms with E-state index in [0.717, 1.165) is 18.4 Å². The van der Waals surface area contributed by atoms with E-state index in [1.165, 1.54) is 12.1 Å². The van der Waals surface area contributed by atoms with Crippen molar-refractivity contribution in [3.8, 4) is 5.75 Å². The van der Waals surface area contributed by atoms with E-state index in [2.05, 4.69) is 10.6 Å². The lowest BCUT2D eigenvalue weighted by Gasteiger charge is -2.25. The van der Waals surface area contributed by atoms with Crippen molar-refractivity contribution in [1.82, 2.24) is 10.6 Å². The van der Waals surface area contributed by atoms with Crippen LogP contribution in [0, 0.1) is 0 Å². The molecule has 2 amide bonds. The molecule has 6 nitrogen and oxygen atoms in total. The lowest BCUT2D eigenvalue weighted by molar-refractivity contribution is -0.144. The van der Waals surface area contributed by atoms with Gasteiger partial charge in [0.25, 0.3) is 0 Å². The summed E-state index contributed by atoms with van der Waals surface area (Å²) in [6, 6.07) is 5.97. The molecule has 0 atom stereocenters. The number of phenols is 1. The Kier molecular flexibility index (Phi) is 4.12. The number of phenolic OH excluding ortho intramolecular Hbond substituents is 1. The quantitative estimate of drug-likeness (QED) is 0.672. The zero-order chi connectivity index (χ0) is 14.6. The Bertz CT molecular complexity index is 492. The highest BCUT2D eigenvalue weighted by atomic mass is 16.4. The highest BCUT2D eigenvalue weighted by Gasteiger charge is 2.42. The summed E-state index contributed by atoms with van der Waals surface area (Å²) >= 11 is 0. The zero-order valence-electron chi connectivity index (χ0n) is 11.1. The molecule has 1 aliphatic carbocycles. The summed E-state index contributed by atoms with van der Waals surface area (Å²) in [6.45, 7) is 0.280. The Labute approximate surface area is 116 Å². The van der Waals surface area contributed by atoms with Crippen LogP contribution in [0.15, 0.2) is 24.3 Å². The molecule has 6 heteroatoms. The van der Waals surface area contributed by atoms with Gasteiger partial charge in [-0.2, -0.15) is 0 Å². The summed E-state index contributed by atoms with van der Waals surface area (Å²) in [5, 5.41) is 23.6. The van der Waals surface area contributed by atoms with Crippen LogP contribution < -0.4 is 10.6 Å². The van der Waals surface area contributed by atoms with Gasteiger partial charge in [-0.3, -0.25) is 0 Å². The van der Waals surface area contributed by atoms with Gasteiger partial charge in [-0.25, -0.2) is 9.59 Å². The molecule has 4 N–H and O–H groups in total. The summed E-state index contributed by atoms with van der Waals surface area (Å²) in [5.41, 5.74) is -0.298. The molecule has 0 saturated heterocycles. The SMILES string of the molecule is O=C(NCc1ccc(O)cc1)NC1(C(=O)O)CCCC1. The van der Waals surface area contributed by atoms with Gasteiger partial charge in [-0.15, -0.1) is 0 Å². The number of benzene rings is 1. The third-order valence-corrected chi connectivity index (χ3v) is 3.61. The van der Waals surface area contributed by atoms with Gasteiger partial charge in [0.05, 0.1) is 0 Å². The van der Waals surface area contributed by atoms with E-state index in [-0.39, 0.29) is 12.3 Å². The lowest BCUT2D eigenvalue weighted by Crippen LogP contribution is -2.55. The highest BCUT2D eigenvalue weighted by molar-refractivity contribution is 5.86. The van der Waals surface area contributed by atoms with E-state index >= 15 is 0 Å². The van der Waals surface area contributed by atoms with E-state index in [1.54, 1.807) is 12.1 Å². The number of carboxylic acid groups (broad SMARTS) is 1. The fourth-order valence-corrected chi connectivity index (χ4v) is 2.43. The molecular weight excluding hydrogens is 260 g/mol. The predicted molar refractivity (Wildman–Crippen MR) is 72.3 cm³/mol. The van der Waals surface area contributed by atoms with E-state index in [1.807, 2.05) is 0 Å². The number of carbonyl (C=O) groups excluding carboxylic acids is 1. The van der Waals surface area contributed by atoms with Crippen molar-refractivity contribution in [3.05, 3.63) is 29.8 Å². The molecule has 0 bridgehead atoms. The average molecular weight is 278 g/mol. The lowest BCUT2D eigenvalue weighted by atomic mass is 9.98. The summed E-state index contributed by atoms with van der Waals surface area (Å²) < 4.78 is 0. The molecule has 0 heterocycles. The summed E-state index contributed by atoms with van der Waals surface area (Å²) in [4.78, 5) is 23.1. The minimum Gasteiger partial charge on any atom is -0.508 e. The van der Waals surface area contributed by atoms with Crippen LogP contribution in [0.3, 0.4) is 0 Å². The van der Waals surface area contributed by atoms with Crippen molar-refractivity contribution >= 4 is 12.0 Å². The molecule has 0 radical (unpaired) electrons. The molecule has 1 fully saturated rings. The van der Waals surface area contributed by atoms with Crippen LogP contribution in [0.1, 0.15) is 31.2 Å². The number of carbonyl (C=O) groups is 2. The largest absolute Gasteiger partial charge is 0.508 e. The first-order valence-electron chi connectivity index (χ1n) is 6.59. The van der Waals surface area contributed by atoms with Crippen LogP contribution in [0.5, 0.6) is 5.75 Å². The normalized spacial score (nSPS) is 16.6. The van der Waals surface area contributed by atoms with Gasteiger partial charge in [0, 0.05) is 6.54 Å². The first-order chi connectivity index (χ1) is 9.52. The van der Waals surface area contributed by atoms with Crippen molar-refractivity contribution in [2.24, 2.45) is 0 Å². The predicted octanol–water partition coefficient (Wildman–Crippen LogP) is 1.59. The van der Waals surface area contributed by atoms with E-state index < -0.39 is 17.5 Å². The standard InChI is InChI=1S/C14H18N2O4/c17-11-5-3-10(4-6-11)9-15-13(20)16-14(12(18)19)7-1-2-8-14/h3-6,17H,1-2,7-9H2,(H,18,19)(H2,15,16,20). The minimum absolute atomic E-state index is 0.161. The van der Waals surface area contributed by atoms with Crippen molar-refractivity contribution < 1.29 is 19.8 Å². The maximum Gasteiger partial charge on any atom is 0.329 e. The number of amides is 2. The van der Waals surface area contributed by atoms with Gasteiger partial charge in [-0.1, -0.05) is 25.0 Å². The topological polar surface area (TPSA) is 98.7 Å². The summed E-state index contributed by atoms with van der Waals surface area (Å²) in [5.74, 6) is -0.816. The van der Waals surface area contributed by atoms with Crippen LogP contribution in [0.25, 0.3) is 0 Å². The van der Waals surface area contributed by atoms with Gasteiger partial charge < -0.3 is 20.8 Å². The maximum absolute atomic E-state index is 11.8. The Morgan fingerprint density at radius 1 is 1.15 bits per heavy atom. The van der Waals surface area contributed by atoms with Crippen LogP contribution >= 0.6 is 0 Å². The van der Waals surface area contributed by atoms with Crippen LogP contribution in [-0.4, -0.2) is 27.8 Å². The molecule has 2 rings (SSSR count). The smallest absolute Gasteiger partial charge is 0.329 e. The maximum atomic E-state index is 11.8. The molecule has 1 aromatic carbocycles. The van der Waals surface area contributed by atoms with E-state index in [4.69, 9.17) is 5.11 Å². The molecule has 1 saturated carbocycles. The molecule has 0 unspecified atom stereocenters. The Morgan fingerprint density at radius 2 is 1.75 bits per heavy atom. The van der Waals surface area contributed by atoms with E-state index in [0.29, 0.717) is 12.8 Å². The van der Waals surface area contributed by atoms with Gasteiger partial charge >= 0.3 is 12.0 Å². The van der Waals surface area contributed by atoms with Gasteiger partial charge in [0.1, 0.15) is 11.3 Å². The van der Waals surface area contributed by atoms with Gasteiger partial charge in [-0.05, 0) is 30.5 Å². The zero-order valence-corrected chi connectivity index (χ0v) is 11.1. The number of rotatable bonds is 4. The van der Waals surface area contributed by atoms with Gasteiger partial charge in [0.15, 0.2) is 0 Å². The van der Waals surface area contributed by atoms with Crippen molar-refractivity contribution in [3.63, 3.8) is 0 Å². The van der Waals surface area contributed by atoms with Gasteiger partial charge in [0.2, 0.25) is 0 Å². The molecule has 0 aromatic heterocycles. The number of hydrogen-bond acceptors (Lipinski definition) is 3. The van der Waals surface area contributed by atoms with Crippen LogP contribution in [-0.2, 0) is 11.3 Å². The van der Waals surface area contributed by atoms with Crippen LogP contribution in [0.2, 0.25) is 0 Å². The second-order valence-corrected chi connectivity index (χ2v) is 5.07. The summed E-state index contributed by atoms with van der Waals surface area (Å²) in [7, 11) is 0. The fourth-order valence-electron chi connectivity index (χ4n) is 2.43. The second-order valence-electron chi connectivity index (χ2n) is 5.07. The highest BCUT2D eigenvalue weighted by Crippen LogP contribution is 2.29. The number of aliphatic carboxylic acids is 1. The molecule has 1 aromatic rings. The molecular formula is C14H18N2O4. The van der Waals surface area contributed by atoms with Crippen molar-refractivity contribution in [2.45, 2.75) is 37.8 Å². The van der Waals surface area contributed by atoms with E-state index in [9.17, 15) is 14.7 Å². The number of nitrogens with one attached hydrogen (secondary N) is 2. The number of carboxylic acids is 1. The number of aromatic hydroxyl groups is 1. The molecule has 0 aliphatic heterocycles. The first-order valence-corrected chi connectivity index (χ1v) is 6.59. The third kappa shape index (κ3) is 3.20. The Hall–Kier alpha value is -2.24. The first kappa shape index (κ1) is 14.2. The van der Waals surface area contributed by atoms with Crippen molar-refractivity contribution in [2.75, 3.05) is 0 Å². The molecule has 20 heavy (non-hydrogen) atoms. The van der Waals surface area contributed by atoms with Crippen molar-refractivity contribution in [1.29, 1.82) is 0 Å². The molecule has 1 aliphatic rings. The number of hydrogen-bond donors (Lipinski definition) is 4. The Morgan fingerprint density at radius 3 is 2.30 bits per heavy atom. The fraction of sp³-hybridized carbons (Fsp3) is 0.429.